The van der Waals surface area contributed by atoms with Crippen LogP contribution in [-0.2, 0) is 16.6 Å². The van der Waals surface area contributed by atoms with Crippen LogP contribution in [0.15, 0.2) is 26.9 Å². The normalized spacial score (nSPS) is 11.6. The number of aromatic nitrogens is 1. The molecule has 0 spiro atoms. The second-order valence-corrected chi connectivity index (χ2v) is 8.76. The third kappa shape index (κ3) is 4.03. The molecule has 0 fully saturated rings. The van der Waals surface area contributed by atoms with Crippen LogP contribution < -0.4 is 10.0 Å². The molecule has 0 aliphatic rings. The lowest BCUT2D eigenvalue weighted by Gasteiger charge is -2.08. The molecule has 5 nitrogen and oxygen atoms in total. The standard InChI is InChI=1S/C13H16BrN3O2S2/c1-8-4-9(2)16-12(5-8)17-21(18,19)11-6-10(7-15-3)20-13(11)14/h4-6,15H,7H2,1-3H3,(H,16,17). The molecule has 0 aliphatic carbocycles. The number of hydrogen-bond acceptors (Lipinski definition) is 5. The molecule has 21 heavy (non-hydrogen) atoms. The molecule has 8 heteroatoms. The Morgan fingerprint density at radius 2 is 2.00 bits per heavy atom. The Kier molecular flexibility index (Phi) is 5.03. The van der Waals surface area contributed by atoms with Gasteiger partial charge in [0.15, 0.2) is 0 Å². The van der Waals surface area contributed by atoms with Gasteiger partial charge in [0.05, 0.1) is 3.79 Å². The van der Waals surface area contributed by atoms with Crippen LogP contribution >= 0.6 is 27.3 Å². The number of aryl methyl sites for hydroxylation is 2. The third-order valence-corrected chi connectivity index (χ3v) is 6.29. The number of hydrogen-bond donors (Lipinski definition) is 2. The minimum Gasteiger partial charge on any atom is -0.315 e. The lowest BCUT2D eigenvalue weighted by atomic mass is 10.2. The van der Waals surface area contributed by atoms with Crippen LogP contribution in [0, 0.1) is 13.8 Å². The van der Waals surface area contributed by atoms with Gasteiger partial charge in [-0.05, 0) is 60.6 Å². The van der Waals surface area contributed by atoms with Crippen LogP contribution in [-0.4, -0.2) is 20.4 Å². The maximum atomic E-state index is 12.5. The van der Waals surface area contributed by atoms with Gasteiger partial charge in [-0.3, -0.25) is 4.72 Å². The summed E-state index contributed by atoms with van der Waals surface area (Å²) in [5, 5.41) is 3.00. The lowest BCUT2D eigenvalue weighted by Crippen LogP contribution is -2.14. The Balaban J connectivity index is 2.33. The molecule has 114 valence electrons. The van der Waals surface area contributed by atoms with Gasteiger partial charge in [0.25, 0.3) is 10.0 Å². The average Bonchev–Trinajstić information content (AvgIpc) is 2.69. The van der Waals surface area contributed by atoms with Gasteiger partial charge in [0, 0.05) is 17.1 Å². The van der Waals surface area contributed by atoms with Crippen LogP contribution in [0.1, 0.15) is 16.1 Å². The quantitative estimate of drug-likeness (QED) is 0.823. The number of sulfonamides is 1. The van der Waals surface area contributed by atoms with E-state index in [1.54, 1.807) is 12.1 Å². The van der Waals surface area contributed by atoms with Crippen molar-refractivity contribution in [2.45, 2.75) is 25.3 Å². The van der Waals surface area contributed by atoms with E-state index in [0.29, 0.717) is 16.1 Å². The maximum Gasteiger partial charge on any atom is 0.265 e. The van der Waals surface area contributed by atoms with Crippen LogP contribution in [0.5, 0.6) is 0 Å². The Morgan fingerprint density at radius 1 is 1.29 bits per heavy atom. The highest BCUT2D eigenvalue weighted by atomic mass is 79.9. The largest absolute Gasteiger partial charge is 0.315 e. The van der Waals surface area contributed by atoms with Crippen LogP contribution in [0.25, 0.3) is 0 Å². The first kappa shape index (κ1) is 16.4. The molecule has 2 aromatic rings. The zero-order valence-corrected chi connectivity index (χ0v) is 15.1. The summed E-state index contributed by atoms with van der Waals surface area (Å²) >= 11 is 4.71. The van der Waals surface area contributed by atoms with Crippen molar-refractivity contribution in [1.82, 2.24) is 10.3 Å². The Morgan fingerprint density at radius 3 is 2.62 bits per heavy atom. The number of nitrogens with one attached hydrogen (secondary N) is 2. The fraction of sp³-hybridized carbons (Fsp3) is 0.308. The zero-order valence-electron chi connectivity index (χ0n) is 11.9. The zero-order chi connectivity index (χ0) is 15.6. The van der Waals surface area contributed by atoms with Crippen molar-refractivity contribution in [2.75, 3.05) is 11.8 Å². The molecular formula is C13H16BrN3O2S2. The molecular weight excluding hydrogens is 374 g/mol. The molecule has 2 aromatic heterocycles. The molecule has 0 amide bonds. The summed E-state index contributed by atoms with van der Waals surface area (Å²) in [7, 11) is -1.83. The number of thiophene rings is 1. The highest BCUT2D eigenvalue weighted by molar-refractivity contribution is 9.11. The first-order valence-corrected chi connectivity index (χ1v) is 9.32. The highest BCUT2D eigenvalue weighted by Crippen LogP contribution is 2.32. The van der Waals surface area contributed by atoms with Crippen LogP contribution in [0.3, 0.4) is 0 Å². The van der Waals surface area contributed by atoms with Crippen molar-refractivity contribution in [1.29, 1.82) is 0 Å². The number of nitrogens with zero attached hydrogens (tertiary/aromatic N) is 1. The van der Waals surface area contributed by atoms with E-state index in [1.165, 1.54) is 11.3 Å². The minimum absolute atomic E-state index is 0.235. The minimum atomic E-state index is -3.65. The van der Waals surface area contributed by atoms with E-state index < -0.39 is 10.0 Å². The number of pyridine rings is 1. The van der Waals surface area contributed by atoms with Gasteiger partial charge in [-0.2, -0.15) is 0 Å². The Hall–Kier alpha value is -0.960. The summed E-state index contributed by atoms with van der Waals surface area (Å²) in [6.45, 7) is 4.36. The maximum absolute atomic E-state index is 12.5. The number of anilines is 1. The number of rotatable bonds is 5. The van der Waals surface area contributed by atoms with E-state index in [4.69, 9.17) is 0 Å². The van der Waals surface area contributed by atoms with Gasteiger partial charge >= 0.3 is 0 Å². The average molecular weight is 390 g/mol. The van der Waals surface area contributed by atoms with Crippen molar-refractivity contribution in [2.24, 2.45) is 0 Å². The third-order valence-electron chi connectivity index (χ3n) is 2.68. The topological polar surface area (TPSA) is 71.1 Å². The van der Waals surface area contributed by atoms with Crippen molar-refractivity contribution < 1.29 is 8.42 Å². The smallest absolute Gasteiger partial charge is 0.265 e. The predicted octanol–water partition coefficient (Wildman–Crippen LogP) is 3.04. The van der Waals surface area contributed by atoms with Gasteiger partial charge in [-0.15, -0.1) is 11.3 Å². The van der Waals surface area contributed by atoms with E-state index in [0.717, 1.165) is 16.1 Å². The molecule has 2 heterocycles. The van der Waals surface area contributed by atoms with Gasteiger partial charge in [0.1, 0.15) is 10.7 Å². The molecule has 0 radical (unpaired) electrons. The summed E-state index contributed by atoms with van der Waals surface area (Å²) in [5.74, 6) is 0.334. The summed E-state index contributed by atoms with van der Waals surface area (Å²) in [5.41, 5.74) is 1.73. The fourth-order valence-electron chi connectivity index (χ4n) is 1.93. The molecule has 2 rings (SSSR count). The highest BCUT2D eigenvalue weighted by Gasteiger charge is 2.21. The summed E-state index contributed by atoms with van der Waals surface area (Å²) < 4.78 is 28.1. The first-order chi connectivity index (χ1) is 9.81. The van der Waals surface area contributed by atoms with Gasteiger partial charge in [0.2, 0.25) is 0 Å². The molecule has 0 unspecified atom stereocenters. The van der Waals surface area contributed by atoms with E-state index in [-0.39, 0.29) is 4.90 Å². The second-order valence-electron chi connectivity index (χ2n) is 4.66. The molecule has 0 aliphatic heterocycles. The van der Waals surface area contributed by atoms with Crippen molar-refractivity contribution >= 4 is 43.1 Å². The molecule has 0 aromatic carbocycles. The Labute approximate surface area is 137 Å². The van der Waals surface area contributed by atoms with Gasteiger partial charge in [-0.25, -0.2) is 13.4 Å². The second kappa shape index (κ2) is 6.43. The van der Waals surface area contributed by atoms with Crippen molar-refractivity contribution in [3.8, 4) is 0 Å². The molecule has 0 saturated heterocycles. The van der Waals surface area contributed by atoms with Gasteiger partial charge < -0.3 is 5.32 Å². The van der Waals surface area contributed by atoms with E-state index in [2.05, 4.69) is 31.0 Å². The predicted molar refractivity (Wildman–Crippen MR) is 89.3 cm³/mol. The van der Waals surface area contributed by atoms with E-state index in [1.807, 2.05) is 27.0 Å². The van der Waals surface area contributed by atoms with E-state index >= 15 is 0 Å². The fourth-order valence-corrected chi connectivity index (χ4v) is 5.62. The summed E-state index contributed by atoms with van der Waals surface area (Å²) in [6, 6.07) is 5.26. The van der Waals surface area contributed by atoms with Crippen molar-refractivity contribution in [3.63, 3.8) is 0 Å². The van der Waals surface area contributed by atoms with E-state index in [9.17, 15) is 8.42 Å². The first-order valence-electron chi connectivity index (χ1n) is 6.23. The van der Waals surface area contributed by atoms with Gasteiger partial charge in [-0.1, -0.05) is 0 Å². The summed E-state index contributed by atoms with van der Waals surface area (Å²) in [4.78, 5) is 5.38. The van der Waals surface area contributed by atoms with Crippen molar-refractivity contribution in [3.05, 3.63) is 38.1 Å². The number of halogens is 1. The summed E-state index contributed by atoms with van der Waals surface area (Å²) in [6.07, 6.45) is 0. The lowest BCUT2D eigenvalue weighted by molar-refractivity contribution is 0.601. The monoisotopic (exact) mass is 389 g/mol. The molecule has 0 bridgehead atoms. The Bertz CT molecular complexity index is 737. The molecule has 0 saturated carbocycles. The molecule has 2 N–H and O–H groups in total. The molecule has 0 atom stereocenters. The SMILES string of the molecule is CNCc1cc(S(=O)(=O)Nc2cc(C)cc(C)n2)c(Br)s1. The van der Waals surface area contributed by atoms with Crippen LogP contribution in [0.2, 0.25) is 0 Å². The van der Waals surface area contributed by atoms with Crippen LogP contribution in [0.4, 0.5) is 5.82 Å².